The van der Waals surface area contributed by atoms with Gasteiger partial charge in [-0.15, -0.1) is 0 Å². The lowest BCUT2D eigenvalue weighted by Crippen LogP contribution is -2.53. The molecule has 4 N–H and O–H groups in total. The zero-order valence-electron chi connectivity index (χ0n) is 13.6. The van der Waals surface area contributed by atoms with E-state index in [1.54, 1.807) is 6.20 Å². The van der Waals surface area contributed by atoms with Gasteiger partial charge < -0.3 is 20.9 Å². The molecular weight excluding hydrogens is 328 g/mol. The summed E-state index contributed by atoms with van der Waals surface area (Å²) in [5.74, 6) is 0.905. The van der Waals surface area contributed by atoms with Crippen molar-refractivity contribution in [2.75, 3.05) is 24.5 Å². The van der Waals surface area contributed by atoms with Gasteiger partial charge in [0.15, 0.2) is 0 Å². The fourth-order valence-electron chi connectivity index (χ4n) is 3.25. The molecule has 1 aliphatic heterocycles. The molecule has 0 aromatic carbocycles. The first kappa shape index (κ1) is 15.7. The monoisotopic (exact) mass is 348 g/mol. The maximum atomic E-state index is 12.1. The second kappa shape index (κ2) is 5.32. The van der Waals surface area contributed by atoms with Crippen LogP contribution in [-0.2, 0) is 4.79 Å². The molecule has 7 nitrogen and oxygen atoms in total. The van der Waals surface area contributed by atoms with Crippen LogP contribution in [0.25, 0.3) is 11.0 Å². The number of H-pyrrole nitrogens is 1. The molecule has 0 bridgehead atoms. The van der Waals surface area contributed by atoms with Crippen LogP contribution in [0, 0.1) is 5.41 Å². The molecule has 4 rings (SSSR count). The number of carbonyl (C=O) groups is 1. The van der Waals surface area contributed by atoms with Gasteiger partial charge in [0.1, 0.15) is 17.8 Å². The van der Waals surface area contributed by atoms with Gasteiger partial charge in [-0.25, -0.2) is 9.97 Å². The Kier molecular flexibility index (Phi) is 3.47. The molecule has 1 saturated heterocycles. The molecule has 8 heteroatoms. The normalized spacial score (nSPS) is 25.2. The van der Waals surface area contributed by atoms with Crippen molar-refractivity contribution >= 4 is 34.4 Å². The topological polar surface area (TPSA) is 99.9 Å². The van der Waals surface area contributed by atoms with Gasteiger partial charge in [0.2, 0.25) is 5.91 Å². The second-order valence-electron chi connectivity index (χ2n) is 7.33. The van der Waals surface area contributed by atoms with Crippen molar-refractivity contribution in [3.8, 4) is 0 Å². The van der Waals surface area contributed by atoms with Crippen LogP contribution in [0.5, 0.6) is 0 Å². The molecule has 1 saturated carbocycles. The van der Waals surface area contributed by atoms with Crippen molar-refractivity contribution in [3.05, 3.63) is 17.5 Å². The fourth-order valence-corrected chi connectivity index (χ4v) is 3.48. The van der Waals surface area contributed by atoms with E-state index in [1.807, 2.05) is 6.92 Å². The summed E-state index contributed by atoms with van der Waals surface area (Å²) in [7, 11) is 0. The van der Waals surface area contributed by atoms with Crippen LogP contribution < -0.4 is 16.0 Å². The Morgan fingerprint density at radius 1 is 1.46 bits per heavy atom. The quantitative estimate of drug-likeness (QED) is 0.776. The van der Waals surface area contributed by atoms with Crippen molar-refractivity contribution in [2.24, 2.45) is 11.1 Å². The Hall–Kier alpha value is -1.86. The van der Waals surface area contributed by atoms with Crippen molar-refractivity contribution < 1.29 is 4.79 Å². The lowest BCUT2D eigenvalue weighted by molar-refractivity contribution is -0.125. The minimum Gasteiger partial charge on any atom is -0.354 e. The highest BCUT2D eigenvalue weighted by atomic mass is 35.5. The highest BCUT2D eigenvalue weighted by molar-refractivity contribution is 6.36. The summed E-state index contributed by atoms with van der Waals surface area (Å²) < 4.78 is 0. The smallest absolute Gasteiger partial charge is 0.226 e. The number of hydrogen-bond donors (Lipinski definition) is 3. The van der Waals surface area contributed by atoms with Crippen molar-refractivity contribution in [1.29, 1.82) is 0 Å². The van der Waals surface area contributed by atoms with E-state index in [1.165, 1.54) is 6.33 Å². The number of nitrogens with one attached hydrogen (secondary N) is 2. The number of halogens is 1. The fraction of sp³-hybridized carbons (Fsp3) is 0.562. The summed E-state index contributed by atoms with van der Waals surface area (Å²) >= 11 is 6.26. The molecule has 2 aromatic rings. The molecule has 3 heterocycles. The SMILES string of the molecule is CC1(C(=O)NC[C@@]2(N)CCN(c3ncnc4[nH]cc(Cl)c34)C2)CC1. The number of hydrogen-bond acceptors (Lipinski definition) is 5. The van der Waals surface area contributed by atoms with Crippen LogP contribution in [-0.4, -0.2) is 46.0 Å². The van der Waals surface area contributed by atoms with E-state index in [4.69, 9.17) is 17.3 Å². The highest BCUT2D eigenvalue weighted by Gasteiger charge is 2.46. The summed E-state index contributed by atoms with van der Waals surface area (Å²) in [6.45, 7) is 3.87. The predicted octanol–water partition coefficient (Wildman–Crippen LogP) is 1.44. The Labute approximate surface area is 145 Å². The zero-order valence-corrected chi connectivity index (χ0v) is 14.4. The minimum absolute atomic E-state index is 0.115. The third kappa shape index (κ3) is 2.61. The number of carbonyl (C=O) groups excluding carboxylic acids is 1. The lowest BCUT2D eigenvalue weighted by Gasteiger charge is -2.26. The Morgan fingerprint density at radius 3 is 3.00 bits per heavy atom. The highest BCUT2D eigenvalue weighted by Crippen LogP contribution is 2.45. The van der Waals surface area contributed by atoms with E-state index < -0.39 is 5.54 Å². The van der Waals surface area contributed by atoms with Crippen LogP contribution in [0.3, 0.4) is 0 Å². The van der Waals surface area contributed by atoms with E-state index in [0.717, 1.165) is 42.7 Å². The largest absolute Gasteiger partial charge is 0.354 e. The lowest BCUT2D eigenvalue weighted by atomic mass is 9.99. The number of amides is 1. The number of nitrogens with two attached hydrogens (primary N) is 1. The maximum Gasteiger partial charge on any atom is 0.226 e. The molecule has 24 heavy (non-hydrogen) atoms. The predicted molar refractivity (Wildman–Crippen MR) is 93.0 cm³/mol. The average molecular weight is 349 g/mol. The minimum atomic E-state index is -0.457. The van der Waals surface area contributed by atoms with Crippen molar-refractivity contribution in [3.63, 3.8) is 0 Å². The number of nitrogens with zero attached hydrogens (tertiary/aromatic N) is 3. The van der Waals surface area contributed by atoms with Crippen LogP contribution in [0.4, 0.5) is 5.82 Å². The van der Waals surface area contributed by atoms with E-state index >= 15 is 0 Å². The molecule has 0 spiro atoms. The van der Waals surface area contributed by atoms with Crippen molar-refractivity contribution in [2.45, 2.75) is 31.7 Å². The van der Waals surface area contributed by atoms with Crippen LogP contribution in [0.15, 0.2) is 12.5 Å². The molecule has 2 fully saturated rings. The Morgan fingerprint density at radius 2 is 2.25 bits per heavy atom. The number of anilines is 1. The average Bonchev–Trinajstić information content (AvgIpc) is 3.03. The summed E-state index contributed by atoms with van der Waals surface area (Å²) in [6, 6.07) is 0. The molecular formula is C16H21ClN6O. The first-order valence-corrected chi connectivity index (χ1v) is 8.58. The first-order valence-electron chi connectivity index (χ1n) is 8.20. The summed E-state index contributed by atoms with van der Waals surface area (Å²) in [4.78, 5) is 25.9. The summed E-state index contributed by atoms with van der Waals surface area (Å²) in [5, 5.41) is 4.45. The van der Waals surface area contributed by atoms with Gasteiger partial charge in [0.05, 0.1) is 15.9 Å². The number of aromatic nitrogens is 3. The van der Waals surface area contributed by atoms with E-state index in [-0.39, 0.29) is 11.3 Å². The first-order chi connectivity index (χ1) is 11.4. The van der Waals surface area contributed by atoms with Gasteiger partial charge >= 0.3 is 0 Å². The number of fused-ring (bicyclic) bond motifs is 1. The molecule has 128 valence electrons. The van der Waals surface area contributed by atoms with Gasteiger partial charge in [-0.2, -0.15) is 0 Å². The van der Waals surface area contributed by atoms with Crippen LogP contribution in [0.2, 0.25) is 5.02 Å². The molecule has 0 unspecified atom stereocenters. The Bertz CT molecular complexity index is 801. The van der Waals surface area contributed by atoms with Gasteiger partial charge in [-0.3, -0.25) is 4.79 Å². The van der Waals surface area contributed by atoms with Gasteiger partial charge in [-0.05, 0) is 19.3 Å². The van der Waals surface area contributed by atoms with Gasteiger partial charge in [0.25, 0.3) is 0 Å². The molecule has 1 aliphatic carbocycles. The van der Waals surface area contributed by atoms with Crippen LogP contribution >= 0.6 is 11.6 Å². The van der Waals surface area contributed by atoms with Crippen molar-refractivity contribution in [1.82, 2.24) is 20.3 Å². The molecule has 2 aliphatic rings. The molecule has 1 amide bonds. The van der Waals surface area contributed by atoms with Gasteiger partial charge in [0, 0.05) is 31.2 Å². The second-order valence-corrected chi connectivity index (χ2v) is 7.74. The number of aromatic amines is 1. The maximum absolute atomic E-state index is 12.1. The van der Waals surface area contributed by atoms with E-state index in [9.17, 15) is 4.79 Å². The molecule has 2 aromatic heterocycles. The standard InChI is InChI=1S/C16H21ClN6O/c1-15(2-3-15)14(24)20-7-16(18)4-5-23(8-16)13-11-10(17)6-19-12(11)21-9-22-13/h6,9H,2-5,7-8,18H2,1H3,(H,20,24)(H,19,21,22)/t16-/m0/s1. The summed E-state index contributed by atoms with van der Waals surface area (Å²) in [6.07, 6.45) is 5.96. The molecule has 0 radical (unpaired) electrons. The van der Waals surface area contributed by atoms with Crippen LogP contribution in [0.1, 0.15) is 26.2 Å². The van der Waals surface area contributed by atoms with E-state index in [2.05, 4.69) is 25.2 Å². The Balaban J connectivity index is 1.49. The van der Waals surface area contributed by atoms with Gasteiger partial charge in [-0.1, -0.05) is 18.5 Å². The third-order valence-electron chi connectivity index (χ3n) is 5.24. The third-order valence-corrected chi connectivity index (χ3v) is 5.53. The number of rotatable bonds is 4. The molecule has 1 atom stereocenters. The zero-order chi connectivity index (χ0) is 16.9. The summed E-state index contributed by atoms with van der Waals surface area (Å²) in [5.41, 5.74) is 6.60. The van der Waals surface area contributed by atoms with E-state index in [0.29, 0.717) is 18.1 Å².